The van der Waals surface area contributed by atoms with E-state index in [1.54, 1.807) is 24.3 Å². The Morgan fingerprint density at radius 1 is 1.23 bits per heavy atom. The van der Waals surface area contributed by atoms with Crippen molar-refractivity contribution in [3.63, 3.8) is 0 Å². The van der Waals surface area contributed by atoms with Crippen LogP contribution in [0.5, 0.6) is 5.75 Å². The normalized spacial score (nSPS) is 14.9. The van der Waals surface area contributed by atoms with Crippen molar-refractivity contribution in [1.29, 1.82) is 0 Å². The molecule has 0 spiro atoms. The second-order valence-corrected chi connectivity index (χ2v) is 5.55. The number of carbonyl (C=O) groups is 1. The standard InChI is InChI=1S/C16H10Cl2FNO2/c1-22-15-7-13(19)12(18)5-8(15)4-11-10-3-2-9(17)6-14(10)20-16(11)21/h2-7H,1H3,(H,20,21). The quantitative estimate of drug-likeness (QED) is 0.811. The number of hydrogen-bond donors (Lipinski definition) is 1. The minimum Gasteiger partial charge on any atom is -0.496 e. The van der Waals surface area contributed by atoms with E-state index in [4.69, 9.17) is 27.9 Å². The van der Waals surface area contributed by atoms with Crippen LogP contribution in [-0.2, 0) is 4.79 Å². The Morgan fingerprint density at radius 3 is 2.73 bits per heavy atom. The molecule has 6 heteroatoms. The second-order valence-electron chi connectivity index (χ2n) is 4.71. The lowest BCUT2D eigenvalue weighted by Gasteiger charge is -2.07. The van der Waals surface area contributed by atoms with E-state index in [2.05, 4.69) is 5.32 Å². The summed E-state index contributed by atoms with van der Waals surface area (Å²) < 4.78 is 18.6. The summed E-state index contributed by atoms with van der Waals surface area (Å²) in [5, 5.41) is 3.22. The third-order valence-electron chi connectivity index (χ3n) is 3.34. The van der Waals surface area contributed by atoms with Gasteiger partial charge in [-0.1, -0.05) is 29.3 Å². The maximum atomic E-state index is 13.5. The molecule has 112 valence electrons. The Morgan fingerprint density at radius 2 is 2.00 bits per heavy atom. The van der Waals surface area contributed by atoms with Crippen LogP contribution in [0.1, 0.15) is 11.1 Å². The molecule has 0 unspecified atom stereocenters. The third-order valence-corrected chi connectivity index (χ3v) is 3.86. The number of hydrogen-bond acceptors (Lipinski definition) is 2. The van der Waals surface area contributed by atoms with Crippen LogP contribution >= 0.6 is 23.2 Å². The topological polar surface area (TPSA) is 38.3 Å². The van der Waals surface area contributed by atoms with E-state index in [-0.39, 0.29) is 10.9 Å². The fourth-order valence-corrected chi connectivity index (χ4v) is 2.64. The zero-order chi connectivity index (χ0) is 15.9. The molecule has 2 aromatic carbocycles. The molecule has 1 heterocycles. The molecule has 0 aliphatic carbocycles. The highest BCUT2D eigenvalue weighted by Crippen LogP contribution is 2.37. The lowest BCUT2D eigenvalue weighted by Crippen LogP contribution is -2.03. The van der Waals surface area contributed by atoms with E-state index in [0.717, 1.165) is 5.56 Å². The van der Waals surface area contributed by atoms with Gasteiger partial charge >= 0.3 is 0 Å². The number of nitrogens with one attached hydrogen (secondary N) is 1. The van der Waals surface area contributed by atoms with Gasteiger partial charge in [0, 0.05) is 27.8 Å². The van der Waals surface area contributed by atoms with Crippen LogP contribution in [-0.4, -0.2) is 13.0 Å². The summed E-state index contributed by atoms with van der Waals surface area (Å²) in [5.41, 5.74) is 2.31. The summed E-state index contributed by atoms with van der Waals surface area (Å²) in [6, 6.07) is 7.72. The van der Waals surface area contributed by atoms with Gasteiger partial charge in [0.15, 0.2) is 0 Å². The van der Waals surface area contributed by atoms with Crippen molar-refractivity contribution < 1.29 is 13.9 Å². The first-order valence-corrected chi connectivity index (χ1v) is 7.11. The predicted octanol–water partition coefficient (Wildman–Crippen LogP) is 4.63. The molecule has 0 aromatic heterocycles. The number of methoxy groups -OCH3 is 1. The van der Waals surface area contributed by atoms with Crippen LogP contribution in [0.25, 0.3) is 11.6 Å². The van der Waals surface area contributed by atoms with Crippen LogP contribution < -0.4 is 10.1 Å². The van der Waals surface area contributed by atoms with Gasteiger partial charge in [-0.3, -0.25) is 4.79 Å². The average molecular weight is 338 g/mol. The second kappa shape index (κ2) is 5.63. The molecule has 0 fully saturated rings. The predicted molar refractivity (Wildman–Crippen MR) is 85.9 cm³/mol. The van der Waals surface area contributed by atoms with Gasteiger partial charge in [0.05, 0.1) is 17.8 Å². The van der Waals surface area contributed by atoms with Crippen LogP contribution in [0.2, 0.25) is 10.0 Å². The fraction of sp³-hybridized carbons (Fsp3) is 0.0625. The van der Waals surface area contributed by atoms with Crippen molar-refractivity contribution in [3.05, 3.63) is 57.3 Å². The molecule has 3 rings (SSSR count). The van der Waals surface area contributed by atoms with Crippen molar-refractivity contribution in [2.75, 3.05) is 12.4 Å². The molecular formula is C16H10Cl2FNO2. The SMILES string of the molecule is COc1cc(F)c(Cl)cc1C=C1C(=O)Nc2cc(Cl)ccc21. The Kier molecular flexibility index (Phi) is 3.81. The molecule has 2 aromatic rings. The molecule has 0 radical (unpaired) electrons. The van der Waals surface area contributed by atoms with E-state index in [1.165, 1.54) is 19.2 Å². The highest BCUT2D eigenvalue weighted by molar-refractivity contribution is 6.37. The van der Waals surface area contributed by atoms with Gasteiger partial charge in [-0.15, -0.1) is 0 Å². The zero-order valence-electron chi connectivity index (χ0n) is 11.4. The number of rotatable bonds is 2. The van der Waals surface area contributed by atoms with Crippen LogP contribution in [0.4, 0.5) is 10.1 Å². The monoisotopic (exact) mass is 337 g/mol. The fourth-order valence-electron chi connectivity index (χ4n) is 2.30. The van der Waals surface area contributed by atoms with Crippen molar-refractivity contribution in [2.24, 2.45) is 0 Å². The first kappa shape index (κ1) is 14.9. The Labute approximate surface area is 136 Å². The molecule has 1 aliphatic heterocycles. The number of amides is 1. The molecule has 1 aliphatic rings. The lowest BCUT2D eigenvalue weighted by atomic mass is 10.0. The van der Waals surface area contributed by atoms with Crippen molar-refractivity contribution in [1.82, 2.24) is 0 Å². The van der Waals surface area contributed by atoms with Crippen molar-refractivity contribution in [2.45, 2.75) is 0 Å². The van der Waals surface area contributed by atoms with Crippen LogP contribution in [0.3, 0.4) is 0 Å². The first-order chi connectivity index (χ1) is 10.5. The van der Waals surface area contributed by atoms with E-state index >= 15 is 0 Å². The van der Waals surface area contributed by atoms with Gasteiger partial charge < -0.3 is 10.1 Å². The Bertz CT molecular complexity index is 818. The number of anilines is 1. The lowest BCUT2D eigenvalue weighted by molar-refractivity contribution is -0.110. The zero-order valence-corrected chi connectivity index (χ0v) is 12.9. The molecule has 22 heavy (non-hydrogen) atoms. The smallest absolute Gasteiger partial charge is 0.256 e. The number of halogens is 3. The molecule has 1 amide bonds. The van der Waals surface area contributed by atoms with E-state index in [1.807, 2.05) is 0 Å². The largest absolute Gasteiger partial charge is 0.496 e. The molecule has 0 saturated heterocycles. The third kappa shape index (κ3) is 2.56. The highest BCUT2D eigenvalue weighted by atomic mass is 35.5. The molecule has 3 nitrogen and oxygen atoms in total. The van der Waals surface area contributed by atoms with Gasteiger partial charge in [-0.05, 0) is 24.3 Å². The van der Waals surface area contributed by atoms with Crippen LogP contribution in [0, 0.1) is 5.82 Å². The molecule has 0 saturated carbocycles. The van der Waals surface area contributed by atoms with E-state index in [9.17, 15) is 9.18 Å². The minimum atomic E-state index is -0.580. The maximum Gasteiger partial charge on any atom is 0.256 e. The Balaban J connectivity index is 2.14. The average Bonchev–Trinajstić information content (AvgIpc) is 2.77. The molecular weight excluding hydrogens is 328 g/mol. The summed E-state index contributed by atoms with van der Waals surface area (Å²) in [6.07, 6.45) is 1.61. The summed E-state index contributed by atoms with van der Waals surface area (Å²) in [5.74, 6) is -0.548. The summed E-state index contributed by atoms with van der Waals surface area (Å²) in [4.78, 5) is 12.1. The van der Waals surface area contributed by atoms with Crippen molar-refractivity contribution in [3.8, 4) is 5.75 Å². The Hall–Kier alpha value is -2.04. The summed E-state index contributed by atoms with van der Waals surface area (Å²) >= 11 is 11.7. The summed E-state index contributed by atoms with van der Waals surface area (Å²) in [7, 11) is 1.42. The number of carbonyl (C=O) groups excluding carboxylic acids is 1. The van der Waals surface area contributed by atoms with E-state index in [0.29, 0.717) is 27.6 Å². The van der Waals surface area contributed by atoms with Gasteiger partial charge in [0.2, 0.25) is 0 Å². The van der Waals surface area contributed by atoms with Gasteiger partial charge in [0.25, 0.3) is 5.91 Å². The number of fused-ring (bicyclic) bond motifs is 1. The number of ether oxygens (including phenoxy) is 1. The highest BCUT2D eigenvalue weighted by Gasteiger charge is 2.24. The maximum absolute atomic E-state index is 13.5. The molecule has 0 bridgehead atoms. The van der Waals surface area contributed by atoms with Crippen LogP contribution in [0.15, 0.2) is 30.3 Å². The summed E-state index contributed by atoms with van der Waals surface area (Å²) in [6.45, 7) is 0. The van der Waals surface area contributed by atoms with Gasteiger partial charge in [-0.2, -0.15) is 0 Å². The van der Waals surface area contributed by atoms with Gasteiger partial charge in [-0.25, -0.2) is 4.39 Å². The minimum absolute atomic E-state index is 0.0395. The first-order valence-electron chi connectivity index (χ1n) is 6.35. The number of benzene rings is 2. The van der Waals surface area contributed by atoms with E-state index < -0.39 is 5.82 Å². The molecule has 0 atom stereocenters. The molecule has 1 N–H and O–H groups in total. The van der Waals surface area contributed by atoms with Crippen molar-refractivity contribution >= 4 is 46.4 Å². The van der Waals surface area contributed by atoms with Gasteiger partial charge in [0.1, 0.15) is 11.6 Å².